The molecule has 3 heteroatoms. The number of hydrogen-bond donors (Lipinski definition) is 1. The van der Waals surface area contributed by atoms with Gasteiger partial charge in [-0.15, -0.1) is 0 Å². The molecule has 0 bridgehead atoms. The topological polar surface area (TPSA) is 35.2 Å². The van der Waals surface area contributed by atoms with Crippen molar-refractivity contribution in [2.24, 2.45) is 5.90 Å². The number of allylic oxidation sites excluding steroid dienone is 2. The van der Waals surface area contributed by atoms with E-state index in [1.807, 2.05) is 23.0 Å². The monoisotopic (exact) mass is 116 g/mol. The molecule has 2 N–H and O–H groups in total. The molecule has 39 valence electrons. The highest BCUT2D eigenvalue weighted by Gasteiger charge is 1.95. The molecule has 0 spiro atoms. The van der Waals surface area contributed by atoms with Gasteiger partial charge < -0.3 is 0 Å². The van der Waals surface area contributed by atoms with Crippen LogP contribution in [0.25, 0.3) is 0 Å². The Hall–Kier alpha value is -0.250. The van der Waals surface area contributed by atoms with E-state index < -0.39 is 0 Å². The van der Waals surface area contributed by atoms with Gasteiger partial charge in [0.15, 0.2) is 0 Å². The summed E-state index contributed by atoms with van der Waals surface area (Å²) in [5, 5.41) is 3.81. The molecule has 0 saturated carbocycles. The standard InChI is InChI=1S/C4H6NOS/c5-6-7-3-1-2-4-7/h1-4H,5H2. The van der Waals surface area contributed by atoms with Gasteiger partial charge in [-0.1, -0.05) is 12.2 Å². The van der Waals surface area contributed by atoms with E-state index in [-0.39, 0.29) is 11.2 Å². The molecule has 0 aliphatic carbocycles. The van der Waals surface area contributed by atoms with Crippen LogP contribution in [0.4, 0.5) is 0 Å². The lowest BCUT2D eigenvalue weighted by Crippen LogP contribution is -1.89. The van der Waals surface area contributed by atoms with E-state index in [0.29, 0.717) is 0 Å². The first-order valence-electron chi connectivity index (χ1n) is 1.87. The van der Waals surface area contributed by atoms with Crippen LogP contribution < -0.4 is 5.90 Å². The molecule has 1 heterocycles. The molecular weight excluding hydrogens is 110 g/mol. The second-order valence-electron chi connectivity index (χ2n) is 1.08. The van der Waals surface area contributed by atoms with Gasteiger partial charge in [0, 0.05) is 0 Å². The first-order chi connectivity index (χ1) is 3.43. The molecule has 7 heavy (non-hydrogen) atoms. The highest BCUT2D eigenvalue weighted by atomic mass is 32.2. The number of nitrogens with two attached hydrogens (primary N) is 1. The van der Waals surface area contributed by atoms with Crippen molar-refractivity contribution in [2.45, 2.75) is 0 Å². The summed E-state index contributed by atoms with van der Waals surface area (Å²) in [6.07, 6.45) is 3.83. The second kappa shape index (κ2) is 2.16. The molecule has 0 saturated heterocycles. The molecular formula is C4H6NOS. The van der Waals surface area contributed by atoms with E-state index >= 15 is 0 Å². The Kier molecular flexibility index (Phi) is 1.51. The summed E-state index contributed by atoms with van der Waals surface area (Å²) in [5.41, 5.74) is 0. The van der Waals surface area contributed by atoms with Crippen molar-refractivity contribution in [1.29, 1.82) is 0 Å². The van der Waals surface area contributed by atoms with E-state index in [0.717, 1.165) is 0 Å². The zero-order chi connectivity index (χ0) is 5.11. The summed E-state index contributed by atoms with van der Waals surface area (Å²) < 4.78 is 4.47. The summed E-state index contributed by atoms with van der Waals surface area (Å²) in [6, 6.07) is 0. The van der Waals surface area contributed by atoms with E-state index in [1.165, 1.54) is 0 Å². The third-order valence-corrected chi connectivity index (χ3v) is 1.72. The van der Waals surface area contributed by atoms with Crippen LogP contribution in [0.2, 0.25) is 0 Å². The van der Waals surface area contributed by atoms with Crippen molar-refractivity contribution in [3.05, 3.63) is 23.0 Å². The summed E-state index contributed by atoms with van der Waals surface area (Å²) in [4.78, 5) is 0. The zero-order valence-electron chi connectivity index (χ0n) is 3.70. The Morgan fingerprint density at radius 2 is 1.86 bits per heavy atom. The summed E-state index contributed by atoms with van der Waals surface area (Å²) >= 11 is -0.218. The molecule has 0 aromatic carbocycles. The molecule has 1 aliphatic heterocycles. The smallest absolute Gasteiger partial charge is 0.00713 e. The molecule has 0 aromatic rings. The predicted octanol–water partition coefficient (Wildman–Crippen LogP) is 1.10. The van der Waals surface area contributed by atoms with Gasteiger partial charge in [0.1, 0.15) is 0 Å². The number of hydrogen-bond acceptors (Lipinski definition) is 2. The predicted molar refractivity (Wildman–Crippen MR) is 31.1 cm³/mol. The Labute approximate surface area is 45.2 Å². The first-order valence-corrected chi connectivity index (χ1v) is 3.15. The normalized spacial score (nSPS) is 19.0. The first kappa shape index (κ1) is 4.90. The minimum Gasteiger partial charge on any atom is -0.238 e. The van der Waals surface area contributed by atoms with Crippen LogP contribution in [-0.2, 0) is 4.28 Å². The minimum atomic E-state index is -0.218. The Bertz CT molecular complexity index is 98.3. The van der Waals surface area contributed by atoms with Crippen LogP contribution in [0.15, 0.2) is 23.0 Å². The fraction of sp³-hybridized carbons (Fsp3) is 0. The molecule has 0 amide bonds. The third kappa shape index (κ3) is 1.06. The Morgan fingerprint density at radius 1 is 1.29 bits per heavy atom. The van der Waals surface area contributed by atoms with Crippen LogP contribution in [0.3, 0.4) is 0 Å². The highest BCUT2D eigenvalue weighted by molar-refractivity contribution is 8.18. The van der Waals surface area contributed by atoms with E-state index in [9.17, 15) is 0 Å². The fourth-order valence-corrected chi connectivity index (χ4v) is 1.07. The van der Waals surface area contributed by atoms with E-state index in [4.69, 9.17) is 5.90 Å². The maximum Gasteiger partial charge on any atom is -0.00713 e. The Balaban J connectivity index is 2.44. The molecule has 0 aromatic heterocycles. The molecule has 0 unspecified atom stereocenters. The SMILES string of the molecule is NO[S]1C=CC=C1. The van der Waals surface area contributed by atoms with Gasteiger partial charge in [-0.3, -0.25) is 0 Å². The van der Waals surface area contributed by atoms with Crippen LogP contribution in [-0.4, -0.2) is 0 Å². The molecule has 0 fully saturated rings. The van der Waals surface area contributed by atoms with Gasteiger partial charge in [-0.25, -0.2) is 10.2 Å². The fourth-order valence-electron chi connectivity index (χ4n) is 0.355. The van der Waals surface area contributed by atoms with E-state index in [1.54, 1.807) is 0 Å². The molecule has 2 nitrogen and oxygen atoms in total. The van der Waals surface area contributed by atoms with Gasteiger partial charge >= 0.3 is 0 Å². The van der Waals surface area contributed by atoms with E-state index in [2.05, 4.69) is 4.28 Å². The Morgan fingerprint density at radius 3 is 2.14 bits per heavy atom. The molecule has 1 rings (SSSR count). The van der Waals surface area contributed by atoms with Crippen LogP contribution in [0.5, 0.6) is 0 Å². The summed E-state index contributed by atoms with van der Waals surface area (Å²) in [7, 11) is 0. The highest BCUT2D eigenvalue weighted by Crippen LogP contribution is 2.30. The van der Waals surface area contributed by atoms with Crippen molar-refractivity contribution >= 4 is 11.2 Å². The maximum atomic E-state index is 4.84. The van der Waals surface area contributed by atoms with Gasteiger partial charge in [0.25, 0.3) is 0 Å². The van der Waals surface area contributed by atoms with Crippen molar-refractivity contribution < 1.29 is 4.28 Å². The number of rotatable bonds is 1. The zero-order valence-corrected chi connectivity index (χ0v) is 4.52. The van der Waals surface area contributed by atoms with Gasteiger partial charge in [0.05, 0.1) is 0 Å². The molecule has 0 atom stereocenters. The third-order valence-electron chi connectivity index (χ3n) is 0.648. The van der Waals surface area contributed by atoms with Crippen LogP contribution >= 0.6 is 11.2 Å². The largest absolute Gasteiger partial charge is 0.238 e. The van der Waals surface area contributed by atoms with Crippen molar-refractivity contribution in [2.75, 3.05) is 0 Å². The summed E-state index contributed by atoms with van der Waals surface area (Å²) in [6.45, 7) is 0. The van der Waals surface area contributed by atoms with Crippen LogP contribution in [0.1, 0.15) is 0 Å². The average Bonchev–Trinajstić information content (AvgIpc) is 2.14. The summed E-state index contributed by atoms with van der Waals surface area (Å²) in [5.74, 6) is 4.84. The van der Waals surface area contributed by atoms with Crippen molar-refractivity contribution in [1.82, 2.24) is 0 Å². The molecule has 1 radical (unpaired) electrons. The quantitative estimate of drug-likeness (QED) is 0.521. The van der Waals surface area contributed by atoms with Gasteiger partial charge in [-0.05, 0) is 22.0 Å². The second-order valence-corrected chi connectivity index (χ2v) is 2.48. The lowest BCUT2D eigenvalue weighted by molar-refractivity contribution is 0.396. The maximum absolute atomic E-state index is 4.84. The lowest BCUT2D eigenvalue weighted by atomic mass is 10.6. The minimum absolute atomic E-state index is 0.218. The van der Waals surface area contributed by atoms with Gasteiger partial charge in [-0.2, -0.15) is 0 Å². The average molecular weight is 116 g/mol. The van der Waals surface area contributed by atoms with Crippen molar-refractivity contribution in [3.63, 3.8) is 0 Å². The molecule has 1 aliphatic rings. The van der Waals surface area contributed by atoms with Crippen molar-refractivity contribution in [3.8, 4) is 0 Å². The van der Waals surface area contributed by atoms with Crippen LogP contribution in [0, 0.1) is 0 Å². The van der Waals surface area contributed by atoms with Gasteiger partial charge in [0.2, 0.25) is 0 Å². The lowest BCUT2D eigenvalue weighted by Gasteiger charge is -1.97.